The number of carbonyl (C=O) groups is 2. The average molecular weight is 296 g/mol. The Morgan fingerprint density at radius 3 is 2.23 bits per heavy atom. The van der Waals surface area contributed by atoms with E-state index in [0.717, 1.165) is 16.7 Å². The Balaban J connectivity index is 1.98. The van der Waals surface area contributed by atoms with E-state index in [-0.39, 0.29) is 12.3 Å². The van der Waals surface area contributed by atoms with Gasteiger partial charge >= 0.3 is 0 Å². The molecule has 0 aromatic heterocycles. The second-order valence-electron chi connectivity index (χ2n) is 5.37. The molecule has 2 amide bonds. The van der Waals surface area contributed by atoms with Crippen molar-refractivity contribution in [2.45, 2.75) is 25.8 Å². The topological polar surface area (TPSA) is 72.2 Å². The monoisotopic (exact) mass is 296 g/mol. The van der Waals surface area contributed by atoms with E-state index >= 15 is 0 Å². The highest BCUT2D eigenvalue weighted by atomic mass is 16.2. The van der Waals surface area contributed by atoms with Crippen LogP contribution >= 0.6 is 0 Å². The summed E-state index contributed by atoms with van der Waals surface area (Å²) in [6.07, 6.45) is 0.634. The minimum absolute atomic E-state index is 0.206. The van der Waals surface area contributed by atoms with Gasteiger partial charge in [-0.05, 0) is 18.1 Å². The molecular weight excluding hydrogens is 276 g/mol. The Labute approximate surface area is 130 Å². The van der Waals surface area contributed by atoms with Crippen LogP contribution in [0.15, 0.2) is 54.6 Å². The molecule has 2 aromatic rings. The molecule has 0 saturated carbocycles. The maximum atomic E-state index is 12.1. The number of rotatable bonds is 6. The quantitative estimate of drug-likeness (QED) is 0.852. The summed E-state index contributed by atoms with van der Waals surface area (Å²) in [5.74, 6) is -0.732. The van der Waals surface area contributed by atoms with Gasteiger partial charge in [0.25, 0.3) is 0 Å². The zero-order valence-electron chi connectivity index (χ0n) is 12.6. The molecule has 0 heterocycles. The van der Waals surface area contributed by atoms with E-state index < -0.39 is 11.9 Å². The molecule has 2 rings (SSSR count). The highest BCUT2D eigenvalue weighted by molar-refractivity contribution is 5.87. The number of benzene rings is 2. The van der Waals surface area contributed by atoms with Gasteiger partial charge in [0.15, 0.2) is 0 Å². The van der Waals surface area contributed by atoms with Gasteiger partial charge in [0.1, 0.15) is 6.04 Å². The van der Waals surface area contributed by atoms with Crippen molar-refractivity contribution >= 4 is 11.8 Å². The lowest BCUT2D eigenvalue weighted by Crippen LogP contribution is -2.46. The maximum absolute atomic E-state index is 12.1. The Morgan fingerprint density at radius 2 is 1.64 bits per heavy atom. The number of nitrogens with two attached hydrogens (primary N) is 1. The fraction of sp³-hybridized carbons (Fsp3) is 0.222. The summed E-state index contributed by atoms with van der Waals surface area (Å²) in [7, 11) is 0. The third-order valence-corrected chi connectivity index (χ3v) is 3.45. The van der Waals surface area contributed by atoms with Gasteiger partial charge in [-0.2, -0.15) is 0 Å². The van der Waals surface area contributed by atoms with Gasteiger partial charge < -0.3 is 11.1 Å². The first-order valence-corrected chi connectivity index (χ1v) is 7.23. The van der Waals surface area contributed by atoms with Crippen molar-refractivity contribution in [1.82, 2.24) is 5.32 Å². The summed E-state index contributed by atoms with van der Waals surface area (Å²) in [6.45, 7) is 2.00. The Bertz CT molecular complexity index is 636. The third kappa shape index (κ3) is 4.74. The molecule has 2 aromatic carbocycles. The summed E-state index contributed by atoms with van der Waals surface area (Å²) in [4.78, 5) is 23.6. The fourth-order valence-corrected chi connectivity index (χ4v) is 2.21. The fourth-order valence-electron chi connectivity index (χ4n) is 2.21. The smallest absolute Gasteiger partial charge is 0.240 e. The lowest BCUT2D eigenvalue weighted by atomic mass is 10.0. The number of carbonyl (C=O) groups excluding carboxylic acids is 2. The molecule has 0 spiro atoms. The van der Waals surface area contributed by atoms with E-state index in [0.29, 0.717) is 6.42 Å². The van der Waals surface area contributed by atoms with E-state index in [1.165, 1.54) is 0 Å². The standard InChI is InChI=1S/C18H20N2O2/c1-13-7-9-15(10-8-13)11-16(18(19)22)20-17(21)12-14-5-3-2-4-6-14/h2-10,16H,11-12H2,1H3,(H2,19,22)(H,20,21)/t16-/m1/s1. The van der Waals surface area contributed by atoms with Gasteiger partial charge in [0.2, 0.25) is 11.8 Å². The van der Waals surface area contributed by atoms with Crippen molar-refractivity contribution < 1.29 is 9.59 Å². The van der Waals surface area contributed by atoms with E-state index in [1.54, 1.807) is 0 Å². The Morgan fingerprint density at radius 1 is 1.00 bits per heavy atom. The SMILES string of the molecule is Cc1ccc(C[C@@H](NC(=O)Cc2ccccc2)C(N)=O)cc1. The van der Waals surface area contributed by atoms with Gasteiger partial charge in [-0.25, -0.2) is 0 Å². The van der Waals surface area contributed by atoms with Crippen LogP contribution in [0.5, 0.6) is 0 Å². The number of hydrogen-bond acceptors (Lipinski definition) is 2. The van der Waals surface area contributed by atoms with Crippen LogP contribution < -0.4 is 11.1 Å². The summed E-state index contributed by atoms with van der Waals surface area (Å²) in [6, 6.07) is 16.5. The van der Waals surface area contributed by atoms with E-state index in [4.69, 9.17) is 5.73 Å². The number of primary amides is 1. The van der Waals surface area contributed by atoms with Gasteiger partial charge in [-0.3, -0.25) is 9.59 Å². The lowest BCUT2D eigenvalue weighted by Gasteiger charge is -2.16. The van der Waals surface area contributed by atoms with Crippen LogP contribution in [-0.2, 0) is 22.4 Å². The molecular formula is C18H20N2O2. The first-order valence-electron chi connectivity index (χ1n) is 7.23. The molecule has 4 heteroatoms. The molecule has 0 fully saturated rings. The predicted octanol–water partition coefficient (Wildman–Crippen LogP) is 1.75. The summed E-state index contributed by atoms with van der Waals surface area (Å²) < 4.78 is 0. The molecule has 114 valence electrons. The minimum Gasteiger partial charge on any atom is -0.368 e. The number of hydrogen-bond donors (Lipinski definition) is 2. The molecule has 0 aliphatic carbocycles. The van der Waals surface area contributed by atoms with Crippen LogP contribution in [0.4, 0.5) is 0 Å². The van der Waals surface area contributed by atoms with Crippen molar-refractivity contribution in [3.63, 3.8) is 0 Å². The summed E-state index contributed by atoms with van der Waals surface area (Å²) >= 11 is 0. The number of nitrogens with one attached hydrogen (secondary N) is 1. The van der Waals surface area contributed by atoms with Crippen LogP contribution in [0, 0.1) is 6.92 Å². The summed E-state index contributed by atoms with van der Waals surface area (Å²) in [5, 5.41) is 2.71. The zero-order chi connectivity index (χ0) is 15.9. The molecule has 0 aliphatic heterocycles. The largest absolute Gasteiger partial charge is 0.368 e. The molecule has 0 bridgehead atoms. The predicted molar refractivity (Wildman–Crippen MR) is 86.2 cm³/mol. The molecule has 0 aliphatic rings. The van der Waals surface area contributed by atoms with Gasteiger partial charge in [0, 0.05) is 6.42 Å². The van der Waals surface area contributed by atoms with Gasteiger partial charge in [-0.1, -0.05) is 60.2 Å². The maximum Gasteiger partial charge on any atom is 0.240 e. The lowest BCUT2D eigenvalue weighted by molar-refractivity contribution is -0.127. The van der Waals surface area contributed by atoms with E-state index in [1.807, 2.05) is 61.5 Å². The molecule has 3 N–H and O–H groups in total. The van der Waals surface area contributed by atoms with Crippen LogP contribution in [0.25, 0.3) is 0 Å². The summed E-state index contributed by atoms with van der Waals surface area (Å²) in [5.41, 5.74) is 8.42. The van der Waals surface area contributed by atoms with E-state index in [2.05, 4.69) is 5.32 Å². The minimum atomic E-state index is -0.695. The van der Waals surface area contributed by atoms with Crippen molar-refractivity contribution in [1.29, 1.82) is 0 Å². The van der Waals surface area contributed by atoms with Gasteiger partial charge in [-0.15, -0.1) is 0 Å². The first-order chi connectivity index (χ1) is 10.5. The average Bonchev–Trinajstić information content (AvgIpc) is 2.49. The van der Waals surface area contributed by atoms with Crippen LogP contribution in [-0.4, -0.2) is 17.9 Å². The molecule has 22 heavy (non-hydrogen) atoms. The Hall–Kier alpha value is -2.62. The highest BCUT2D eigenvalue weighted by Crippen LogP contribution is 2.07. The van der Waals surface area contributed by atoms with Crippen LogP contribution in [0.2, 0.25) is 0 Å². The second-order valence-corrected chi connectivity index (χ2v) is 5.37. The third-order valence-electron chi connectivity index (χ3n) is 3.45. The molecule has 0 saturated heterocycles. The van der Waals surface area contributed by atoms with Gasteiger partial charge in [0.05, 0.1) is 6.42 Å². The van der Waals surface area contributed by atoms with E-state index in [9.17, 15) is 9.59 Å². The highest BCUT2D eigenvalue weighted by Gasteiger charge is 2.18. The Kier molecular flexibility index (Phi) is 5.31. The van der Waals surface area contributed by atoms with Crippen LogP contribution in [0.3, 0.4) is 0 Å². The normalized spacial score (nSPS) is 11.7. The molecule has 1 atom stereocenters. The molecule has 0 radical (unpaired) electrons. The zero-order valence-corrected chi connectivity index (χ0v) is 12.6. The number of amides is 2. The van der Waals surface area contributed by atoms with Crippen molar-refractivity contribution in [2.75, 3.05) is 0 Å². The van der Waals surface area contributed by atoms with Crippen LogP contribution in [0.1, 0.15) is 16.7 Å². The van der Waals surface area contributed by atoms with Crippen molar-refractivity contribution in [2.24, 2.45) is 5.73 Å². The number of aryl methyl sites for hydroxylation is 1. The molecule has 0 unspecified atom stereocenters. The van der Waals surface area contributed by atoms with Crippen molar-refractivity contribution in [3.05, 3.63) is 71.3 Å². The van der Waals surface area contributed by atoms with Crippen molar-refractivity contribution in [3.8, 4) is 0 Å². The molecule has 4 nitrogen and oxygen atoms in total. The first kappa shape index (κ1) is 15.8. The second kappa shape index (κ2) is 7.41.